The fourth-order valence-corrected chi connectivity index (χ4v) is 0.260. The van der Waals surface area contributed by atoms with Crippen molar-refractivity contribution < 1.29 is 4.74 Å². The highest BCUT2D eigenvalue weighted by atomic mass is 32.1. The quantitative estimate of drug-likeness (QED) is 0.365. The summed E-state index contributed by atoms with van der Waals surface area (Å²) in [4.78, 5) is 0. The van der Waals surface area contributed by atoms with E-state index >= 15 is 0 Å². The standard InChI is InChI=1S/C3H7NOS.H4Si/c1-2-5-3(4)6;/h2H2,1H3,(H2,4,6);1H4. The summed E-state index contributed by atoms with van der Waals surface area (Å²) in [6.45, 7) is 2.40. The number of hydrogen-bond acceptors (Lipinski definition) is 2. The van der Waals surface area contributed by atoms with Crippen LogP contribution >= 0.6 is 12.2 Å². The highest BCUT2D eigenvalue weighted by Crippen LogP contribution is 1.67. The first-order valence-corrected chi connectivity index (χ1v) is 2.10. The lowest BCUT2D eigenvalue weighted by Gasteiger charge is -1.93. The molecule has 0 saturated heterocycles. The smallest absolute Gasteiger partial charge is 0.253 e. The second kappa shape index (κ2) is 5.91. The molecule has 0 rings (SSSR count). The van der Waals surface area contributed by atoms with E-state index in [1.165, 1.54) is 0 Å². The minimum absolute atomic E-state index is 0. The molecule has 0 unspecified atom stereocenters. The van der Waals surface area contributed by atoms with Crippen molar-refractivity contribution in [3.8, 4) is 0 Å². The van der Waals surface area contributed by atoms with Crippen molar-refractivity contribution >= 4 is 28.4 Å². The SMILES string of the molecule is CCOC(N)=S.[SiH4]. The molecule has 7 heavy (non-hydrogen) atoms. The van der Waals surface area contributed by atoms with E-state index in [-0.39, 0.29) is 16.1 Å². The summed E-state index contributed by atoms with van der Waals surface area (Å²) in [7, 11) is 0. The van der Waals surface area contributed by atoms with Gasteiger partial charge in [-0.2, -0.15) is 0 Å². The molecule has 0 aliphatic rings. The molecule has 0 saturated carbocycles. The summed E-state index contributed by atoms with van der Waals surface area (Å²) in [6.07, 6.45) is 0. The summed E-state index contributed by atoms with van der Waals surface area (Å²) >= 11 is 4.35. The molecule has 44 valence electrons. The Morgan fingerprint density at radius 3 is 2.29 bits per heavy atom. The monoisotopic (exact) mass is 137 g/mol. The molecule has 0 heterocycles. The van der Waals surface area contributed by atoms with E-state index in [4.69, 9.17) is 5.73 Å². The summed E-state index contributed by atoms with van der Waals surface area (Å²) in [6, 6.07) is 0. The summed E-state index contributed by atoms with van der Waals surface area (Å²) < 4.78 is 4.55. The van der Waals surface area contributed by atoms with Crippen LogP contribution in [0, 0.1) is 0 Å². The van der Waals surface area contributed by atoms with Crippen LogP contribution in [0.2, 0.25) is 0 Å². The van der Waals surface area contributed by atoms with Gasteiger partial charge >= 0.3 is 0 Å². The Labute approximate surface area is 53.1 Å². The third-order valence-electron chi connectivity index (χ3n) is 0.287. The second-order valence-electron chi connectivity index (χ2n) is 0.752. The minimum atomic E-state index is 0. The van der Waals surface area contributed by atoms with Crippen molar-refractivity contribution in [1.82, 2.24) is 0 Å². The van der Waals surface area contributed by atoms with Crippen LogP contribution in [0.3, 0.4) is 0 Å². The molecule has 2 N–H and O–H groups in total. The van der Waals surface area contributed by atoms with Crippen LogP contribution in [0.4, 0.5) is 0 Å². The Balaban J connectivity index is 0. The van der Waals surface area contributed by atoms with Crippen molar-refractivity contribution in [3.05, 3.63) is 0 Å². The molecular formula is C3H11NOSSi. The Morgan fingerprint density at radius 1 is 1.86 bits per heavy atom. The molecule has 0 fully saturated rings. The van der Waals surface area contributed by atoms with Gasteiger partial charge in [0, 0.05) is 0 Å². The molecule has 0 atom stereocenters. The van der Waals surface area contributed by atoms with Gasteiger partial charge in [0.25, 0.3) is 5.17 Å². The van der Waals surface area contributed by atoms with Crippen LogP contribution in [-0.2, 0) is 4.74 Å². The lowest BCUT2D eigenvalue weighted by molar-refractivity contribution is 0.331. The number of hydrogen-bond donors (Lipinski definition) is 1. The van der Waals surface area contributed by atoms with E-state index in [1.807, 2.05) is 6.92 Å². The summed E-state index contributed by atoms with van der Waals surface area (Å²) in [5.74, 6) is 0. The van der Waals surface area contributed by atoms with Crippen molar-refractivity contribution in [2.75, 3.05) is 6.61 Å². The van der Waals surface area contributed by atoms with Gasteiger partial charge in [0.2, 0.25) is 0 Å². The van der Waals surface area contributed by atoms with Gasteiger partial charge in [0.05, 0.1) is 6.61 Å². The first kappa shape index (κ1) is 10.0. The number of thiocarbonyl (C=S) groups is 1. The topological polar surface area (TPSA) is 35.2 Å². The lowest BCUT2D eigenvalue weighted by atomic mass is 10.9. The van der Waals surface area contributed by atoms with Crippen molar-refractivity contribution in [2.45, 2.75) is 6.92 Å². The number of ether oxygens (including phenoxy) is 1. The van der Waals surface area contributed by atoms with Crippen LogP contribution < -0.4 is 5.73 Å². The lowest BCUT2D eigenvalue weighted by Crippen LogP contribution is -2.11. The van der Waals surface area contributed by atoms with Gasteiger partial charge in [0.15, 0.2) is 0 Å². The minimum Gasteiger partial charge on any atom is -0.472 e. The maximum absolute atomic E-state index is 4.91. The molecule has 0 amide bonds. The van der Waals surface area contributed by atoms with Crippen LogP contribution in [0.15, 0.2) is 0 Å². The highest BCUT2D eigenvalue weighted by molar-refractivity contribution is 7.80. The van der Waals surface area contributed by atoms with Gasteiger partial charge in [-0.1, -0.05) is 0 Å². The molecule has 0 bridgehead atoms. The maximum atomic E-state index is 4.91. The average molecular weight is 137 g/mol. The third-order valence-corrected chi connectivity index (χ3v) is 0.404. The predicted octanol–water partition coefficient (Wildman–Crippen LogP) is -1.19. The largest absolute Gasteiger partial charge is 0.472 e. The van der Waals surface area contributed by atoms with Crippen molar-refractivity contribution in [2.24, 2.45) is 5.73 Å². The average Bonchev–Trinajstić information content (AvgIpc) is 1.35. The second-order valence-corrected chi connectivity index (χ2v) is 1.15. The zero-order chi connectivity index (χ0) is 4.99. The van der Waals surface area contributed by atoms with Gasteiger partial charge in [-0.15, -0.1) is 0 Å². The molecule has 4 heteroatoms. The predicted molar refractivity (Wildman–Crippen MR) is 39.7 cm³/mol. The molecular weight excluding hydrogens is 126 g/mol. The van der Waals surface area contributed by atoms with Gasteiger partial charge in [-0.3, -0.25) is 0 Å². The summed E-state index contributed by atoms with van der Waals surface area (Å²) in [5.41, 5.74) is 4.91. The Morgan fingerprint density at radius 2 is 2.29 bits per heavy atom. The molecule has 0 radical (unpaired) electrons. The third kappa shape index (κ3) is 10.7. The van der Waals surface area contributed by atoms with E-state index in [2.05, 4.69) is 17.0 Å². The molecule has 0 aromatic carbocycles. The molecule has 0 spiro atoms. The molecule has 2 nitrogen and oxygen atoms in total. The van der Waals surface area contributed by atoms with Crippen LogP contribution in [0.25, 0.3) is 0 Å². The van der Waals surface area contributed by atoms with E-state index < -0.39 is 0 Å². The first-order valence-electron chi connectivity index (χ1n) is 1.69. The Hall–Kier alpha value is -0.0931. The molecule has 0 aliphatic heterocycles. The first-order chi connectivity index (χ1) is 2.77. The van der Waals surface area contributed by atoms with Crippen LogP contribution in [-0.4, -0.2) is 22.7 Å². The highest BCUT2D eigenvalue weighted by Gasteiger charge is 1.76. The van der Waals surface area contributed by atoms with Crippen LogP contribution in [0.1, 0.15) is 6.92 Å². The van der Waals surface area contributed by atoms with Gasteiger partial charge in [-0.05, 0) is 30.1 Å². The fraction of sp³-hybridized carbons (Fsp3) is 0.667. The van der Waals surface area contributed by atoms with Crippen LogP contribution in [0.5, 0.6) is 0 Å². The Bertz CT molecular complexity index is 58.9. The van der Waals surface area contributed by atoms with Gasteiger partial charge < -0.3 is 10.5 Å². The zero-order valence-corrected chi connectivity index (χ0v) is 4.42. The summed E-state index contributed by atoms with van der Waals surface area (Å²) in [5, 5.41) is 0.123. The normalized spacial score (nSPS) is 6.43. The number of nitrogens with two attached hydrogens (primary N) is 1. The maximum Gasteiger partial charge on any atom is 0.253 e. The van der Waals surface area contributed by atoms with E-state index in [1.54, 1.807) is 0 Å². The van der Waals surface area contributed by atoms with Crippen molar-refractivity contribution in [1.29, 1.82) is 0 Å². The van der Waals surface area contributed by atoms with Gasteiger partial charge in [0.1, 0.15) is 0 Å². The fourth-order valence-electron chi connectivity index (χ4n) is 0.142. The van der Waals surface area contributed by atoms with Gasteiger partial charge in [-0.25, -0.2) is 0 Å². The zero-order valence-electron chi connectivity index (χ0n) is 3.60. The number of rotatable bonds is 1. The van der Waals surface area contributed by atoms with Crippen molar-refractivity contribution in [3.63, 3.8) is 0 Å². The molecule has 0 aliphatic carbocycles. The molecule has 0 aromatic heterocycles. The van der Waals surface area contributed by atoms with E-state index in [0.717, 1.165) is 0 Å². The molecule has 0 aromatic rings. The van der Waals surface area contributed by atoms with E-state index in [0.29, 0.717) is 6.61 Å². The Kier molecular flexibility index (Phi) is 8.45. The van der Waals surface area contributed by atoms with E-state index in [9.17, 15) is 0 Å².